The number of rotatable bonds is 10. The Hall–Kier alpha value is -4.05. The highest BCUT2D eigenvalue weighted by Gasteiger charge is 2.34. The summed E-state index contributed by atoms with van der Waals surface area (Å²) in [6.45, 7) is 5.98. The maximum Gasteiger partial charge on any atom is 0.244 e. The predicted molar refractivity (Wildman–Crippen MR) is 158 cm³/mol. The van der Waals surface area contributed by atoms with Gasteiger partial charge in [0.25, 0.3) is 0 Å². The molecule has 9 nitrogen and oxygen atoms in total. The number of benzene rings is 3. The van der Waals surface area contributed by atoms with Crippen molar-refractivity contribution in [3.05, 3.63) is 90.0 Å². The number of anilines is 1. The fraction of sp³-hybridized carbons (Fsp3) is 0.355. The van der Waals surface area contributed by atoms with Gasteiger partial charge in [-0.1, -0.05) is 60.7 Å². The molecular formula is C31H37N3O6S. The molecule has 0 bridgehead atoms. The quantitative estimate of drug-likeness (QED) is 0.392. The van der Waals surface area contributed by atoms with E-state index in [1.165, 1.54) is 4.90 Å². The number of amides is 2. The summed E-state index contributed by atoms with van der Waals surface area (Å²) >= 11 is 0. The van der Waals surface area contributed by atoms with Crippen LogP contribution in [-0.2, 0) is 32.6 Å². The molecular weight excluding hydrogens is 542 g/mol. The van der Waals surface area contributed by atoms with Crippen molar-refractivity contribution in [1.29, 1.82) is 0 Å². The summed E-state index contributed by atoms with van der Waals surface area (Å²) in [4.78, 5) is 29.4. The van der Waals surface area contributed by atoms with Crippen molar-refractivity contribution < 1.29 is 27.5 Å². The fourth-order valence-electron chi connectivity index (χ4n) is 4.59. The van der Waals surface area contributed by atoms with Crippen LogP contribution in [0, 0.1) is 0 Å². The molecule has 0 saturated carbocycles. The van der Waals surface area contributed by atoms with Crippen molar-refractivity contribution in [2.75, 3.05) is 30.3 Å². The Bertz CT molecular complexity index is 1460. The van der Waals surface area contributed by atoms with E-state index in [9.17, 15) is 18.0 Å². The molecule has 0 aliphatic carbocycles. The van der Waals surface area contributed by atoms with Crippen LogP contribution in [0.2, 0.25) is 0 Å². The number of sulfonamides is 1. The molecule has 2 amide bonds. The Kier molecular flexibility index (Phi) is 9.22. The highest BCUT2D eigenvalue weighted by atomic mass is 32.2. The van der Waals surface area contributed by atoms with Gasteiger partial charge in [-0.05, 0) is 44.0 Å². The summed E-state index contributed by atoms with van der Waals surface area (Å²) in [5.74, 6) is 0.0739. The third-order valence-corrected chi connectivity index (χ3v) is 7.60. The van der Waals surface area contributed by atoms with E-state index in [1.54, 1.807) is 18.2 Å². The van der Waals surface area contributed by atoms with Gasteiger partial charge in [-0.15, -0.1) is 0 Å². The first kappa shape index (κ1) is 29.9. The molecule has 1 atom stereocenters. The molecule has 1 aliphatic rings. The monoisotopic (exact) mass is 579 g/mol. The number of fused-ring (bicyclic) bond motifs is 1. The van der Waals surface area contributed by atoms with Crippen LogP contribution in [0.4, 0.5) is 5.69 Å². The molecule has 218 valence electrons. The van der Waals surface area contributed by atoms with Gasteiger partial charge in [0.15, 0.2) is 11.5 Å². The van der Waals surface area contributed by atoms with Crippen LogP contribution in [0.1, 0.15) is 31.9 Å². The van der Waals surface area contributed by atoms with Crippen LogP contribution in [0.25, 0.3) is 0 Å². The minimum Gasteiger partial charge on any atom is -0.486 e. The maximum atomic E-state index is 14.2. The standard InChI is InChI=1S/C31H37N3O6S/c1-31(2,3)32-30(36)26(19-23-11-7-5-8-12-23)33(21-24-13-9-6-10-14-24)29(35)22-34(41(4,37)38)25-15-16-27-28(20-25)40-18-17-39-27/h5-16,20,26H,17-19,21-22H2,1-4H3,(H,32,36). The van der Waals surface area contributed by atoms with Crippen molar-refractivity contribution in [1.82, 2.24) is 10.2 Å². The molecule has 0 spiro atoms. The third kappa shape index (κ3) is 8.23. The molecule has 1 aliphatic heterocycles. The van der Waals surface area contributed by atoms with Gasteiger partial charge in [0.05, 0.1) is 11.9 Å². The van der Waals surface area contributed by atoms with Gasteiger partial charge in [-0.25, -0.2) is 8.42 Å². The van der Waals surface area contributed by atoms with Crippen LogP contribution in [0.15, 0.2) is 78.9 Å². The van der Waals surface area contributed by atoms with E-state index < -0.39 is 34.1 Å². The van der Waals surface area contributed by atoms with Gasteiger partial charge >= 0.3 is 0 Å². The average Bonchev–Trinajstić information content (AvgIpc) is 2.92. The SMILES string of the molecule is CC(C)(C)NC(=O)C(Cc1ccccc1)N(Cc1ccccc1)C(=O)CN(c1ccc2c(c1)OCCO2)S(C)(=O)=O. The lowest BCUT2D eigenvalue weighted by Gasteiger charge is -2.35. The van der Waals surface area contributed by atoms with Crippen molar-refractivity contribution in [3.63, 3.8) is 0 Å². The third-order valence-electron chi connectivity index (χ3n) is 6.46. The van der Waals surface area contributed by atoms with E-state index in [4.69, 9.17) is 9.47 Å². The molecule has 0 fully saturated rings. The Morgan fingerprint density at radius 2 is 1.46 bits per heavy atom. The summed E-state index contributed by atoms with van der Waals surface area (Å²) < 4.78 is 38.3. The molecule has 4 rings (SSSR count). The molecule has 1 unspecified atom stereocenters. The van der Waals surface area contributed by atoms with Crippen molar-refractivity contribution in [2.24, 2.45) is 0 Å². The summed E-state index contributed by atoms with van der Waals surface area (Å²) in [6.07, 6.45) is 1.30. The van der Waals surface area contributed by atoms with Crippen LogP contribution >= 0.6 is 0 Å². The zero-order chi connectivity index (χ0) is 29.6. The number of hydrogen-bond acceptors (Lipinski definition) is 6. The Labute approximate surface area is 242 Å². The Morgan fingerprint density at radius 1 is 0.878 bits per heavy atom. The second kappa shape index (κ2) is 12.6. The number of carbonyl (C=O) groups excluding carboxylic acids is 2. The van der Waals surface area contributed by atoms with Crippen LogP contribution in [0.3, 0.4) is 0 Å². The zero-order valence-corrected chi connectivity index (χ0v) is 24.7. The first-order chi connectivity index (χ1) is 19.4. The molecule has 0 radical (unpaired) electrons. The van der Waals surface area contributed by atoms with Gasteiger partial charge in [-0.3, -0.25) is 13.9 Å². The minimum absolute atomic E-state index is 0.119. The summed E-state index contributed by atoms with van der Waals surface area (Å²) in [7, 11) is -3.89. The van der Waals surface area contributed by atoms with Crippen LogP contribution < -0.4 is 19.1 Å². The second-order valence-electron chi connectivity index (χ2n) is 11.0. The van der Waals surface area contributed by atoms with E-state index in [0.29, 0.717) is 24.7 Å². The fourth-order valence-corrected chi connectivity index (χ4v) is 5.43. The first-order valence-corrected chi connectivity index (χ1v) is 15.3. The van der Waals surface area contributed by atoms with Crippen molar-refractivity contribution in [3.8, 4) is 11.5 Å². The van der Waals surface area contributed by atoms with E-state index in [2.05, 4.69) is 5.32 Å². The number of nitrogens with one attached hydrogen (secondary N) is 1. The van der Waals surface area contributed by atoms with E-state index >= 15 is 0 Å². The van der Waals surface area contributed by atoms with Gasteiger partial charge in [0.1, 0.15) is 25.8 Å². The van der Waals surface area contributed by atoms with Gasteiger partial charge < -0.3 is 19.7 Å². The zero-order valence-electron chi connectivity index (χ0n) is 23.9. The first-order valence-electron chi connectivity index (χ1n) is 13.5. The summed E-state index contributed by atoms with van der Waals surface area (Å²) in [6, 6.07) is 22.7. The highest BCUT2D eigenvalue weighted by molar-refractivity contribution is 7.92. The number of carbonyl (C=O) groups is 2. The summed E-state index contributed by atoms with van der Waals surface area (Å²) in [5, 5.41) is 3.01. The largest absolute Gasteiger partial charge is 0.486 e. The Morgan fingerprint density at radius 3 is 2.05 bits per heavy atom. The van der Waals surface area contributed by atoms with Crippen molar-refractivity contribution in [2.45, 2.75) is 45.3 Å². The normalized spacial score (nSPS) is 13.7. The average molecular weight is 580 g/mol. The summed E-state index contributed by atoms with van der Waals surface area (Å²) in [5.41, 5.74) is 1.41. The molecule has 3 aromatic rings. The second-order valence-corrected chi connectivity index (χ2v) is 13.0. The lowest BCUT2D eigenvalue weighted by atomic mass is 10.0. The van der Waals surface area contributed by atoms with E-state index in [1.807, 2.05) is 81.4 Å². The molecule has 0 aromatic heterocycles. The van der Waals surface area contributed by atoms with Gasteiger partial charge in [0, 0.05) is 24.6 Å². The predicted octanol–water partition coefficient (Wildman–Crippen LogP) is 3.78. The molecule has 0 saturated heterocycles. The molecule has 41 heavy (non-hydrogen) atoms. The number of hydrogen-bond donors (Lipinski definition) is 1. The number of nitrogens with zero attached hydrogens (tertiary/aromatic N) is 2. The molecule has 1 heterocycles. The van der Waals surface area contributed by atoms with E-state index in [0.717, 1.165) is 21.7 Å². The van der Waals surface area contributed by atoms with Crippen LogP contribution in [-0.4, -0.2) is 62.7 Å². The van der Waals surface area contributed by atoms with E-state index in [-0.39, 0.29) is 24.6 Å². The van der Waals surface area contributed by atoms with Crippen molar-refractivity contribution >= 4 is 27.5 Å². The lowest BCUT2D eigenvalue weighted by molar-refractivity contribution is -0.140. The van der Waals surface area contributed by atoms with Gasteiger partial charge in [-0.2, -0.15) is 0 Å². The topological polar surface area (TPSA) is 105 Å². The molecule has 3 aromatic carbocycles. The minimum atomic E-state index is -3.89. The maximum absolute atomic E-state index is 14.2. The molecule has 1 N–H and O–H groups in total. The Balaban J connectivity index is 1.73. The van der Waals surface area contributed by atoms with Gasteiger partial charge in [0.2, 0.25) is 21.8 Å². The number of ether oxygens (including phenoxy) is 2. The smallest absolute Gasteiger partial charge is 0.244 e. The lowest BCUT2D eigenvalue weighted by Crippen LogP contribution is -2.56. The molecule has 10 heteroatoms. The highest BCUT2D eigenvalue weighted by Crippen LogP contribution is 2.34. The van der Waals surface area contributed by atoms with Crippen LogP contribution in [0.5, 0.6) is 11.5 Å².